The molecule has 0 bridgehead atoms. The summed E-state index contributed by atoms with van der Waals surface area (Å²) in [6, 6.07) is 5.38. The van der Waals surface area contributed by atoms with Gasteiger partial charge in [0.05, 0.1) is 5.56 Å². The van der Waals surface area contributed by atoms with Crippen molar-refractivity contribution >= 4 is 45.2 Å². The van der Waals surface area contributed by atoms with Crippen molar-refractivity contribution in [2.24, 2.45) is 0 Å². The third kappa shape index (κ3) is 3.55. The second kappa shape index (κ2) is 6.02. The number of amides is 1. The predicted molar refractivity (Wildman–Crippen MR) is 76.6 cm³/mol. The van der Waals surface area contributed by atoms with Crippen LogP contribution in [0.15, 0.2) is 28.7 Å². The van der Waals surface area contributed by atoms with Crippen LogP contribution in [-0.2, 0) is 0 Å². The number of carbonyl (C=O) groups excluding carboxylic acids is 1. The van der Waals surface area contributed by atoms with Gasteiger partial charge in [0.2, 0.25) is 5.95 Å². The zero-order valence-corrected chi connectivity index (χ0v) is 12.2. The average molecular weight is 361 g/mol. The number of nitrogens with zero attached hydrogens (tertiary/aromatic N) is 2. The Labute approximate surface area is 126 Å². The summed E-state index contributed by atoms with van der Waals surface area (Å²) in [5, 5.41) is 0.114. The van der Waals surface area contributed by atoms with Crippen LogP contribution in [0.1, 0.15) is 10.4 Å². The van der Waals surface area contributed by atoms with Gasteiger partial charge in [-0.05, 0) is 18.2 Å². The van der Waals surface area contributed by atoms with E-state index in [0.717, 1.165) is 0 Å². The highest BCUT2D eigenvalue weighted by Crippen LogP contribution is 2.16. The summed E-state index contributed by atoms with van der Waals surface area (Å²) < 4.78 is 14.1. The monoisotopic (exact) mass is 359 g/mol. The van der Waals surface area contributed by atoms with Crippen molar-refractivity contribution in [1.29, 1.82) is 0 Å². The molecule has 0 radical (unpaired) electrons. The van der Waals surface area contributed by atoms with Crippen molar-refractivity contribution in [3.63, 3.8) is 0 Å². The van der Waals surface area contributed by atoms with Gasteiger partial charge in [0.1, 0.15) is 11.0 Å². The summed E-state index contributed by atoms with van der Waals surface area (Å²) in [5.41, 5.74) is 10.0. The SMILES string of the molecule is Nc1nc(Cl)cc(NNC(=O)c2cc(Br)ccc2F)n1. The molecular weight excluding hydrogens is 353 g/mol. The van der Waals surface area contributed by atoms with Gasteiger partial charge in [0.25, 0.3) is 5.91 Å². The molecule has 1 aromatic heterocycles. The molecule has 1 heterocycles. The first-order chi connectivity index (χ1) is 9.45. The van der Waals surface area contributed by atoms with E-state index in [9.17, 15) is 9.18 Å². The topological polar surface area (TPSA) is 92.9 Å². The van der Waals surface area contributed by atoms with Gasteiger partial charge in [0, 0.05) is 10.5 Å². The average Bonchev–Trinajstić information content (AvgIpc) is 2.38. The number of rotatable bonds is 3. The molecule has 0 aliphatic rings. The van der Waals surface area contributed by atoms with Crippen LogP contribution in [0.3, 0.4) is 0 Å². The number of benzene rings is 1. The minimum Gasteiger partial charge on any atom is -0.368 e. The van der Waals surface area contributed by atoms with Gasteiger partial charge < -0.3 is 5.73 Å². The Morgan fingerprint density at radius 1 is 1.35 bits per heavy atom. The Morgan fingerprint density at radius 3 is 2.80 bits per heavy atom. The molecule has 0 saturated carbocycles. The van der Waals surface area contributed by atoms with E-state index >= 15 is 0 Å². The second-order valence-corrected chi connectivity index (χ2v) is 4.94. The molecule has 0 aliphatic carbocycles. The number of carbonyl (C=O) groups is 1. The van der Waals surface area contributed by atoms with Gasteiger partial charge in [-0.1, -0.05) is 27.5 Å². The van der Waals surface area contributed by atoms with Crippen LogP contribution in [0.25, 0.3) is 0 Å². The van der Waals surface area contributed by atoms with E-state index < -0.39 is 11.7 Å². The molecule has 0 atom stereocenters. The van der Waals surface area contributed by atoms with Crippen molar-refractivity contribution in [3.8, 4) is 0 Å². The Kier molecular flexibility index (Phi) is 4.35. The molecule has 0 saturated heterocycles. The lowest BCUT2D eigenvalue weighted by atomic mass is 10.2. The Bertz CT molecular complexity index is 649. The number of halogens is 3. The number of nitrogens with one attached hydrogen (secondary N) is 2. The fraction of sp³-hybridized carbons (Fsp3) is 0. The van der Waals surface area contributed by atoms with Crippen LogP contribution >= 0.6 is 27.5 Å². The lowest BCUT2D eigenvalue weighted by Crippen LogP contribution is -2.30. The van der Waals surface area contributed by atoms with E-state index in [1.165, 1.54) is 24.3 Å². The summed E-state index contributed by atoms with van der Waals surface area (Å²) in [7, 11) is 0. The Hall–Kier alpha value is -1.93. The molecule has 0 unspecified atom stereocenters. The van der Waals surface area contributed by atoms with E-state index in [1.54, 1.807) is 0 Å². The van der Waals surface area contributed by atoms with Gasteiger partial charge in [-0.3, -0.25) is 15.6 Å². The van der Waals surface area contributed by atoms with Crippen molar-refractivity contribution in [1.82, 2.24) is 15.4 Å². The first kappa shape index (κ1) is 14.5. The quantitative estimate of drug-likeness (QED) is 0.577. The van der Waals surface area contributed by atoms with Crippen LogP contribution in [0.5, 0.6) is 0 Å². The lowest BCUT2D eigenvalue weighted by molar-refractivity contribution is 0.0958. The second-order valence-electron chi connectivity index (χ2n) is 3.64. The molecule has 0 fully saturated rings. The van der Waals surface area contributed by atoms with Crippen molar-refractivity contribution in [2.45, 2.75) is 0 Å². The molecule has 6 nitrogen and oxygen atoms in total. The van der Waals surface area contributed by atoms with E-state index in [4.69, 9.17) is 17.3 Å². The van der Waals surface area contributed by atoms with E-state index in [0.29, 0.717) is 4.47 Å². The van der Waals surface area contributed by atoms with Crippen LogP contribution < -0.4 is 16.6 Å². The highest BCUT2D eigenvalue weighted by atomic mass is 79.9. The summed E-state index contributed by atoms with van der Waals surface area (Å²) >= 11 is 8.84. The number of nitrogen functional groups attached to an aromatic ring is 1. The van der Waals surface area contributed by atoms with Crippen molar-refractivity contribution in [2.75, 3.05) is 11.2 Å². The Morgan fingerprint density at radius 2 is 2.10 bits per heavy atom. The number of hydrogen-bond acceptors (Lipinski definition) is 5. The maximum Gasteiger partial charge on any atom is 0.272 e. The zero-order valence-electron chi connectivity index (χ0n) is 9.82. The molecule has 1 aromatic carbocycles. The number of nitrogens with two attached hydrogens (primary N) is 1. The number of hydrazine groups is 1. The third-order valence-electron chi connectivity index (χ3n) is 2.19. The first-order valence-corrected chi connectivity index (χ1v) is 6.44. The van der Waals surface area contributed by atoms with E-state index in [1.807, 2.05) is 0 Å². The van der Waals surface area contributed by atoms with E-state index in [2.05, 4.69) is 36.7 Å². The first-order valence-electron chi connectivity index (χ1n) is 5.27. The van der Waals surface area contributed by atoms with Gasteiger partial charge >= 0.3 is 0 Å². The van der Waals surface area contributed by atoms with Crippen molar-refractivity contribution in [3.05, 3.63) is 45.3 Å². The minimum atomic E-state index is -0.669. The fourth-order valence-electron chi connectivity index (χ4n) is 1.36. The molecule has 104 valence electrons. The Balaban J connectivity index is 2.10. The molecular formula is C11H8BrClFN5O. The molecule has 2 rings (SSSR count). The van der Waals surface area contributed by atoms with Gasteiger partial charge in [-0.2, -0.15) is 4.98 Å². The minimum absolute atomic E-state index is 0.0529. The molecule has 2 aromatic rings. The van der Waals surface area contributed by atoms with E-state index in [-0.39, 0.29) is 22.5 Å². The number of hydrogen-bond donors (Lipinski definition) is 3. The van der Waals surface area contributed by atoms with Gasteiger partial charge in [-0.25, -0.2) is 9.37 Å². The number of aromatic nitrogens is 2. The maximum atomic E-state index is 13.5. The number of anilines is 2. The van der Waals surface area contributed by atoms with Gasteiger partial charge in [-0.15, -0.1) is 0 Å². The summed E-state index contributed by atoms with van der Waals surface area (Å²) in [6.45, 7) is 0. The molecule has 9 heteroatoms. The summed E-state index contributed by atoms with van der Waals surface area (Å²) in [6.07, 6.45) is 0. The van der Waals surface area contributed by atoms with Crippen molar-refractivity contribution < 1.29 is 9.18 Å². The largest absolute Gasteiger partial charge is 0.368 e. The molecule has 1 amide bonds. The fourth-order valence-corrected chi connectivity index (χ4v) is 1.91. The highest BCUT2D eigenvalue weighted by molar-refractivity contribution is 9.10. The van der Waals surface area contributed by atoms with Crippen LogP contribution in [0.4, 0.5) is 16.2 Å². The van der Waals surface area contributed by atoms with Crippen LogP contribution in [0.2, 0.25) is 5.15 Å². The standard InChI is InChI=1S/C11H8BrClFN5O/c12-5-1-2-7(14)6(3-5)10(20)19-18-9-4-8(13)16-11(15)17-9/h1-4H,(H,19,20)(H3,15,16,17,18). The van der Waals surface area contributed by atoms with Gasteiger partial charge in [0.15, 0.2) is 5.82 Å². The maximum absolute atomic E-state index is 13.5. The normalized spacial score (nSPS) is 10.2. The molecule has 0 aliphatic heterocycles. The highest BCUT2D eigenvalue weighted by Gasteiger charge is 2.12. The lowest BCUT2D eigenvalue weighted by Gasteiger charge is -2.09. The molecule has 4 N–H and O–H groups in total. The summed E-state index contributed by atoms with van der Waals surface area (Å²) in [4.78, 5) is 19.3. The van der Waals surface area contributed by atoms with Crippen LogP contribution in [-0.4, -0.2) is 15.9 Å². The zero-order chi connectivity index (χ0) is 14.7. The third-order valence-corrected chi connectivity index (χ3v) is 2.88. The molecule has 0 spiro atoms. The summed E-state index contributed by atoms with van der Waals surface area (Å²) in [5.74, 6) is -1.18. The predicted octanol–water partition coefficient (Wildman–Crippen LogP) is 2.37. The smallest absolute Gasteiger partial charge is 0.272 e. The van der Waals surface area contributed by atoms with Crippen LogP contribution in [0, 0.1) is 5.82 Å². The molecule has 20 heavy (non-hydrogen) atoms.